The third kappa shape index (κ3) is 1.85. The Balaban J connectivity index is 3.06. The van der Waals surface area contributed by atoms with Crippen molar-refractivity contribution in [2.45, 2.75) is 18.7 Å². The maximum Gasteiger partial charge on any atom is 0.251 e. The summed E-state index contributed by atoms with van der Waals surface area (Å²) in [6.07, 6.45) is 0. The molecule has 0 aromatic heterocycles. The first kappa shape index (κ1) is 7.44. The minimum Gasteiger partial charge on any atom is -0.380 e. The number of anilines is 1. The second-order valence-corrected chi connectivity index (χ2v) is 3.73. The molecule has 0 radical (unpaired) electrons. The molecule has 0 bridgehead atoms. The van der Waals surface area contributed by atoms with Crippen molar-refractivity contribution in [2.24, 2.45) is 5.92 Å². The molecule has 1 aromatic rings. The van der Waals surface area contributed by atoms with Gasteiger partial charge in [-0.15, -0.1) is 0 Å². The standard InChI is InChI=1S/C8H11NO3S/c1-4(2)3-9-5-6(10)7(11)8(5)13-12/h4,9,13H,3H2,1-2H3/i13T/hT. The largest absolute Gasteiger partial charge is 0.380 e. The molecule has 1 unspecified atom stereocenters. The predicted molar refractivity (Wildman–Crippen MR) is 52.5 cm³/mol. The van der Waals surface area contributed by atoms with Crippen molar-refractivity contribution in [3.05, 3.63) is 20.4 Å². The van der Waals surface area contributed by atoms with Crippen LogP contribution < -0.4 is 16.2 Å². The highest BCUT2D eigenvalue weighted by molar-refractivity contribution is 7.66. The quantitative estimate of drug-likeness (QED) is 0.521. The molecule has 0 aliphatic carbocycles. The van der Waals surface area contributed by atoms with Crippen molar-refractivity contribution in [1.29, 1.82) is 1.12 Å². The maximum absolute atomic E-state index is 11.1. The van der Waals surface area contributed by atoms with Gasteiger partial charge in [0.05, 0.1) is 0 Å². The van der Waals surface area contributed by atoms with Crippen molar-refractivity contribution >= 4 is 17.3 Å². The van der Waals surface area contributed by atoms with E-state index >= 15 is 0 Å². The average Bonchev–Trinajstić information content (AvgIpc) is 2.09. The Labute approximate surface area is 81.7 Å². The van der Waals surface area contributed by atoms with Crippen LogP contribution in [0.25, 0.3) is 0 Å². The van der Waals surface area contributed by atoms with Gasteiger partial charge in [-0.25, -0.2) is 0 Å². The number of thiol groups is 1. The van der Waals surface area contributed by atoms with Crippen LogP contribution >= 0.6 is 0 Å². The van der Waals surface area contributed by atoms with Gasteiger partial charge in [0, 0.05) is 18.1 Å². The van der Waals surface area contributed by atoms with Crippen LogP contribution in [-0.4, -0.2) is 11.9 Å². The lowest BCUT2D eigenvalue weighted by Crippen LogP contribution is -2.37. The topological polar surface area (TPSA) is 63.2 Å². The molecule has 0 fully saturated rings. The highest BCUT2D eigenvalue weighted by Gasteiger charge is 2.19. The van der Waals surface area contributed by atoms with Crippen LogP contribution in [0.2, 0.25) is 1.41 Å². The smallest absolute Gasteiger partial charge is 0.251 e. The van der Waals surface area contributed by atoms with Crippen LogP contribution in [0, 0.1) is 5.92 Å². The van der Waals surface area contributed by atoms with E-state index in [9.17, 15) is 13.8 Å². The second kappa shape index (κ2) is 3.83. The summed E-state index contributed by atoms with van der Waals surface area (Å²) in [5, 5.41) is 0.843. The number of hydrogen-bond acceptors (Lipinski definition) is 4. The summed E-state index contributed by atoms with van der Waals surface area (Å²) in [6, 6.07) is 0. The molecule has 0 heterocycles. The van der Waals surface area contributed by atoms with Crippen LogP contribution in [0.5, 0.6) is 0 Å². The van der Waals surface area contributed by atoms with Gasteiger partial charge in [0.15, 0.2) is 1.41 Å². The molecule has 4 nitrogen and oxygen atoms in total. The first-order valence-corrected chi connectivity index (χ1v) is 4.62. The summed E-state index contributed by atoms with van der Waals surface area (Å²) in [6.45, 7) is 3.96. The summed E-state index contributed by atoms with van der Waals surface area (Å²) in [7, 11) is 0. The normalized spacial score (nSPS) is 15.6. The average molecular weight is 205 g/mol. The molecule has 0 aliphatic heterocycles. The minimum atomic E-state index is -2.24. The molecule has 72 valence electrons. The third-order valence-electron chi connectivity index (χ3n) is 1.54. The first-order chi connectivity index (χ1) is 6.86. The zero-order chi connectivity index (χ0) is 11.7. The molecule has 13 heavy (non-hydrogen) atoms. The van der Waals surface area contributed by atoms with Gasteiger partial charge >= 0.3 is 0 Å². The van der Waals surface area contributed by atoms with Crippen LogP contribution in [0.15, 0.2) is 14.5 Å². The van der Waals surface area contributed by atoms with E-state index in [1.807, 2.05) is 13.8 Å². The van der Waals surface area contributed by atoms with Crippen LogP contribution in [0.3, 0.4) is 0 Å². The van der Waals surface area contributed by atoms with E-state index in [0.29, 0.717) is 0 Å². The maximum atomic E-state index is 11.1. The van der Waals surface area contributed by atoms with Gasteiger partial charge in [-0.1, -0.05) is 13.8 Å². The van der Waals surface area contributed by atoms with E-state index in [4.69, 9.17) is 2.54 Å². The van der Waals surface area contributed by atoms with E-state index in [0.717, 1.165) is 5.31 Å². The fraction of sp³-hybridized carbons (Fsp3) is 0.500. The van der Waals surface area contributed by atoms with Gasteiger partial charge in [-0.05, 0) is 5.92 Å². The van der Waals surface area contributed by atoms with Crippen LogP contribution in [0.4, 0.5) is 5.69 Å². The molecule has 0 saturated heterocycles. The second-order valence-electron chi connectivity index (χ2n) is 3.15. The SMILES string of the molecule is [3H]N(CC(C)C)c1c(S([3H])=O)c(=O)c1=O. The van der Waals surface area contributed by atoms with E-state index in [1.54, 1.807) is 0 Å². The van der Waals surface area contributed by atoms with Gasteiger partial charge < -0.3 is 5.31 Å². The lowest BCUT2D eigenvalue weighted by Gasteiger charge is -2.10. The molecule has 0 amide bonds. The Morgan fingerprint density at radius 2 is 2.15 bits per heavy atom. The van der Waals surface area contributed by atoms with Gasteiger partial charge in [0.1, 0.15) is 11.7 Å². The molecule has 5 heteroatoms. The zero-order valence-electron chi connectivity index (χ0n) is 9.36. The Morgan fingerprint density at radius 1 is 1.54 bits per heavy atom. The van der Waals surface area contributed by atoms with E-state index in [2.05, 4.69) is 0 Å². The van der Waals surface area contributed by atoms with Crippen LogP contribution in [0.1, 0.15) is 13.8 Å². The van der Waals surface area contributed by atoms with Gasteiger partial charge in [-0.3, -0.25) is 13.8 Å². The van der Waals surface area contributed by atoms with Crippen molar-refractivity contribution < 1.29 is 5.62 Å². The van der Waals surface area contributed by atoms with Gasteiger partial charge in [0.2, 0.25) is 5.43 Å². The Morgan fingerprint density at radius 3 is 2.62 bits per heavy atom. The third-order valence-corrected chi connectivity index (χ3v) is 2.09. The summed E-state index contributed by atoms with van der Waals surface area (Å²) >= 11 is -2.24. The highest BCUT2D eigenvalue weighted by atomic mass is 32.1. The monoisotopic (exact) mass is 205 g/mol. The molecular weight excluding hydrogens is 190 g/mol. The Kier molecular flexibility index (Phi) is 2.19. The number of rotatable bonds is 4. The molecule has 1 N–H and O–H groups in total. The predicted octanol–water partition coefficient (Wildman–Crippen LogP) is -0.345. The summed E-state index contributed by atoms with van der Waals surface area (Å²) in [5.74, 6) is 0.138. The minimum absolute atomic E-state index is 0.138. The van der Waals surface area contributed by atoms with E-state index < -0.39 is 22.4 Å². The zero-order valence-corrected chi connectivity index (χ0v) is 8.18. The summed E-state index contributed by atoms with van der Waals surface area (Å²) < 4.78 is 25.2. The fourth-order valence-electron chi connectivity index (χ4n) is 0.854. The molecule has 1 rings (SSSR count). The number of hydrogen-bond donors (Lipinski definition) is 2. The Bertz CT molecular complexity index is 464. The lowest BCUT2D eigenvalue weighted by atomic mass is 10.2. The fourth-order valence-corrected chi connectivity index (χ4v) is 1.26. The number of nitrogens with one attached hydrogen (secondary N) is 1. The Hall–Kier alpha value is -0.970. The molecular formula is C8H11NO3S. The van der Waals surface area contributed by atoms with Gasteiger partial charge in [0.25, 0.3) is 5.43 Å². The van der Waals surface area contributed by atoms with Crippen molar-refractivity contribution in [1.82, 2.24) is 0 Å². The molecule has 0 aliphatic rings. The first-order valence-electron chi connectivity index (χ1n) is 4.74. The van der Waals surface area contributed by atoms with Crippen LogP contribution in [-0.2, 0) is 11.6 Å². The van der Waals surface area contributed by atoms with E-state index in [-0.39, 0.29) is 23.0 Å². The van der Waals surface area contributed by atoms with Gasteiger partial charge in [-0.2, -0.15) is 0 Å². The van der Waals surface area contributed by atoms with Crippen molar-refractivity contribution in [2.75, 3.05) is 11.9 Å². The summed E-state index contributed by atoms with van der Waals surface area (Å²) in [5.41, 5.74) is -1.91. The van der Waals surface area contributed by atoms with Crippen molar-refractivity contribution in [3.8, 4) is 0 Å². The highest BCUT2D eigenvalue weighted by Crippen LogP contribution is 2.07. The van der Waals surface area contributed by atoms with E-state index in [1.165, 1.54) is 0 Å². The molecule has 0 saturated carbocycles. The molecule has 0 spiro atoms. The lowest BCUT2D eigenvalue weighted by molar-refractivity contribution is 0.682. The molecule has 1 aromatic carbocycles. The summed E-state index contributed by atoms with van der Waals surface area (Å²) in [4.78, 5) is 21.7. The van der Waals surface area contributed by atoms with Crippen molar-refractivity contribution in [3.63, 3.8) is 0 Å². The molecule has 1 atom stereocenters.